The van der Waals surface area contributed by atoms with Crippen LogP contribution in [0.4, 0.5) is 10.2 Å². The van der Waals surface area contributed by atoms with Crippen molar-refractivity contribution in [1.29, 1.82) is 0 Å². The van der Waals surface area contributed by atoms with Gasteiger partial charge in [0, 0.05) is 0 Å². The van der Waals surface area contributed by atoms with Crippen LogP contribution >= 0.6 is 0 Å². The highest BCUT2D eigenvalue weighted by Crippen LogP contribution is 2.02. The van der Waals surface area contributed by atoms with Crippen LogP contribution in [0.1, 0.15) is 10.6 Å². The van der Waals surface area contributed by atoms with E-state index >= 15 is 0 Å². The van der Waals surface area contributed by atoms with Crippen LogP contribution in [-0.2, 0) is 0 Å². The third kappa shape index (κ3) is 1.40. The van der Waals surface area contributed by atoms with E-state index in [0.717, 1.165) is 6.20 Å². The van der Waals surface area contributed by atoms with Gasteiger partial charge in [0.05, 0.1) is 6.20 Å². The number of rotatable bonds is 1. The van der Waals surface area contributed by atoms with Crippen LogP contribution < -0.4 is 11.5 Å². The summed E-state index contributed by atoms with van der Waals surface area (Å²) in [5.74, 6) is -2.27. The third-order valence-electron chi connectivity index (χ3n) is 0.992. The van der Waals surface area contributed by atoms with E-state index in [9.17, 15) is 9.18 Å². The van der Waals surface area contributed by atoms with Crippen molar-refractivity contribution >= 4 is 11.7 Å². The molecule has 1 heterocycles. The SMILES string of the molecule is NC(=O)c1ncc(F)c(N)n1. The van der Waals surface area contributed by atoms with Gasteiger partial charge in [-0.05, 0) is 0 Å². The molecule has 0 bridgehead atoms. The largest absolute Gasteiger partial charge is 0.381 e. The zero-order valence-corrected chi connectivity index (χ0v) is 5.41. The Morgan fingerprint density at radius 3 is 2.73 bits per heavy atom. The number of nitrogens with zero attached hydrogens (tertiary/aromatic N) is 2. The molecule has 0 aliphatic heterocycles. The van der Waals surface area contributed by atoms with Crippen molar-refractivity contribution in [3.63, 3.8) is 0 Å². The second kappa shape index (κ2) is 2.49. The Morgan fingerprint density at radius 1 is 1.64 bits per heavy atom. The third-order valence-corrected chi connectivity index (χ3v) is 0.992. The zero-order chi connectivity index (χ0) is 8.43. The highest BCUT2D eigenvalue weighted by molar-refractivity contribution is 5.88. The Labute approximate surface area is 61.2 Å². The highest BCUT2D eigenvalue weighted by atomic mass is 19.1. The van der Waals surface area contributed by atoms with Crippen molar-refractivity contribution in [1.82, 2.24) is 9.97 Å². The minimum Gasteiger partial charge on any atom is -0.381 e. The first-order valence-corrected chi connectivity index (χ1v) is 2.69. The number of nitrogen functional groups attached to an aromatic ring is 1. The summed E-state index contributed by atoms with van der Waals surface area (Å²) in [4.78, 5) is 17.0. The molecule has 0 atom stereocenters. The summed E-state index contributed by atoms with van der Waals surface area (Å²) >= 11 is 0. The highest BCUT2D eigenvalue weighted by Gasteiger charge is 2.06. The maximum atomic E-state index is 12.4. The van der Waals surface area contributed by atoms with E-state index < -0.39 is 11.7 Å². The van der Waals surface area contributed by atoms with Gasteiger partial charge in [0.15, 0.2) is 11.6 Å². The molecule has 11 heavy (non-hydrogen) atoms. The van der Waals surface area contributed by atoms with Crippen LogP contribution in [0, 0.1) is 5.82 Å². The van der Waals surface area contributed by atoms with Gasteiger partial charge in [0.25, 0.3) is 5.91 Å². The molecule has 1 aromatic rings. The molecular formula is C5H5FN4O. The molecule has 6 heteroatoms. The van der Waals surface area contributed by atoms with Crippen molar-refractivity contribution in [2.45, 2.75) is 0 Å². The van der Waals surface area contributed by atoms with Crippen LogP contribution in [0.5, 0.6) is 0 Å². The minimum atomic E-state index is -0.836. The molecule has 0 spiro atoms. The minimum absolute atomic E-state index is 0.288. The molecule has 5 nitrogen and oxygen atoms in total. The van der Waals surface area contributed by atoms with Gasteiger partial charge in [0.2, 0.25) is 5.82 Å². The van der Waals surface area contributed by atoms with Crippen molar-refractivity contribution in [2.24, 2.45) is 5.73 Å². The summed E-state index contributed by atoms with van der Waals surface area (Å²) in [6.07, 6.45) is 0.794. The van der Waals surface area contributed by atoms with Crippen LogP contribution in [0.2, 0.25) is 0 Å². The first kappa shape index (κ1) is 7.39. The van der Waals surface area contributed by atoms with Crippen molar-refractivity contribution in [2.75, 3.05) is 5.73 Å². The fourth-order valence-electron chi connectivity index (χ4n) is 0.499. The lowest BCUT2D eigenvalue weighted by molar-refractivity contribution is 0.0990. The van der Waals surface area contributed by atoms with Gasteiger partial charge in [-0.3, -0.25) is 4.79 Å². The summed E-state index contributed by atoms with van der Waals surface area (Å²) in [6.45, 7) is 0. The summed E-state index contributed by atoms with van der Waals surface area (Å²) in [5.41, 5.74) is 9.82. The summed E-state index contributed by atoms with van der Waals surface area (Å²) in [7, 11) is 0. The molecular weight excluding hydrogens is 151 g/mol. The van der Waals surface area contributed by atoms with Gasteiger partial charge in [0.1, 0.15) is 0 Å². The molecule has 1 amide bonds. The van der Waals surface area contributed by atoms with Crippen molar-refractivity contribution in [3.8, 4) is 0 Å². The van der Waals surface area contributed by atoms with Crippen LogP contribution in [0.15, 0.2) is 6.20 Å². The molecule has 0 saturated carbocycles. The number of amides is 1. The molecule has 4 N–H and O–H groups in total. The Kier molecular flexibility index (Phi) is 1.67. The van der Waals surface area contributed by atoms with E-state index in [1.807, 2.05) is 0 Å². The fraction of sp³-hybridized carbons (Fsp3) is 0. The zero-order valence-electron chi connectivity index (χ0n) is 5.41. The molecule has 0 radical (unpaired) electrons. The predicted molar refractivity (Wildman–Crippen MR) is 34.9 cm³/mol. The summed E-state index contributed by atoms with van der Waals surface area (Å²) < 4.78 is 12.4. The fourth-order valence-corrected chi connectivity index (χ4v) is 0.499. The van der Waals surface area contributed by atoms with E-state index in [2.05, 4.69) is 9.97 Å². The first-order chi connectivity index (χ1) is 5.11. The number of hydrogen-bond acceptors (Lipinski definition) is 4. The number of aromatic nitrogens is 2. The molecule has 0 saturated heterocycles. The number of nitrogens with two attached hydrogens (primary N) is 2. The predicted octanol–water partition coefficient (Wildman–Crippen LogP) is -0.703. The smallest absolute Gasteiger partial charge is 0.286 e. The average Bonchev–Trinajstić information content (AvgIpc) is 1.94. The Hall–Kier alpha value is -1.72. The van der Waals surface area contributed by atoms with Gasteiger partial charge in [-0.25, -0.2) is 14.4 Å². The molecule has 0 aromatic carbocycles. The van der Waals surface area contributed by atoms with Gasteiger partial charge in [-0.1, -0.05) is 0 Å². The van der Waals surface area contributed by atoms with E-state index in [4.69, 9.17) is 11.5 Å². The Bertz CT molecular complexity index is 301. The van der Waals surface area contributed by atoms with Crippen LogP contribution in [-0.4, -0.2) is 15.9 Å². The number of primary amides is 1. The Morgan fingerprint density at radius 2 is 2.27 bits per heavy atom. The second-order valence-corrected chi connectivity index (χ2v) is 1.79. The maximum absolute atomic E-state index is 12.4. The van der Waals surface area contributed by atoms with Gasteiger partial charge in [-0.15, -0.1) is 0 Å². The number of halogens is 1. The standard InChI is InChI=1S/C5H5FN4O/c6-2-1-9-5(4(8)11)10-3(2)7/h1H,(H2,8,11)(H2,7,9,10). The summed E-state index contributed by atoms with van der Waals surface area (Å²) in [6, 6.07) is 0. The van der Waals surface area contributed by atoms with Crippen molar-refractivity contribution < 1.29 is 9.18 Å². The average molecular weight is 156 g/mol. The molecule has 0 fully saturated rings. The van der Waals surface area contributed by atoms with E-state index in [1.54, 1.807) is 0 Å². The topological polar surface area (TPSA) is 94.9 Å². The van der Waals surface area contributed by atoms with E-state index in [-0.39, 0.29) is 11.6 Å². The Balaban J connectivity index is 3.15. The number of carbonyl (C=O) groups excluding carboxylic acids is 1. The molecule has 0 unspecified atom stereocenters. The second-order valence-electron chi connectivity index (χ2n) is 1.79. The lowest BCUT2D eigenvalue weighted by atomic mass is 10.5. The molecule has 0 aliphatic rings. The number of anilines is 1. The monoisotopic (exact) mass is 156 g/mol. The first-order valence-electron chi connectivity index (χ1n) is 2.69. The van der Waals surface area contributed by atoms with Crippen LogP contribution in [0.25, 0.3) is 0 Å². The lowest BCUT2D eigenvalue weighted by Gasteiger charge is -1.95. The molecule has 0 aliphatic carbocycles. The number of carbonyl (C=O) groups is 1. The van der Waals surface area contributed by atoms with Crippen LogP contribution in [0.3, 0.4) is 0 Å². The normalized spacial score (nSPS) is 9.55. The maximum Gasteiger partial charge on any atom is 0.286 e. The van der Waals surface area contributed by atoms with E-state index in [0.29, 0.717) is 0 Å². The molecule has 1 rings (SSSR count). The van der Waals surface area contributed by atoms with E-state index in [1.165, 1.54) is 0 Å². The number of hydrogen-bond donors (Lipinski definition) is 2. The molecule has 1 aromatic heterocycles. The lowest BCUT2D eigenvalue weighted by Crippen LogP contribution is -2.16. The summed E-state index contributed by atoms with van der Waals surface area (Å²) in [5, 5.41) is 0. The van der Waals surface area contributed by atoms with Gasteiger partial charge >= 0.3 is 0 Å². The van der Waals surface area contributed by atoms with Crippen molar-refractivity contribution in [3.05, 3.63) is 17.8 Å². The molecule has 58 valence electrons. The quantitative estimate of drug-likeness (QED) is 0.561. The van der Waals surface area contributed by atoms with Gasteiger partial charge < -0.3 is 11.5 Å². The van der Waals surface area contributed by atoms with Gasteiger partial charge in [-0.2, -0.15) is 0 Å².